The minimum atomic E-state index is -0.449. The number of hydrogen-bond donors (Lipinski definition) is 1. The van der Waals surface area contributed by atoms with Crippen LogP contribution >= 0.6 is 22.9 Å². The Bertz CT molecular complexity index is 628. The highest BCUT2D eigenvalue weighted by Crippen LogP contribution is 2.38. The van der Waals surface area contributed by atoms with E-state index in [1.54, 1.807) is 6.20 Å². The predicted octanol–water partition coefficient (Wildman–Crippen LogP) is 3.04. The smallest absolute Gasteiger partial charge is 0.351 e. The summed E-state index contributed by atoms with van der Waals surface area (Å²) in [5, 5.41) is 0.937. The minimum absolute atomic E-state index is 0.140. The molecule has 6 nitrogen and oxygen atoms in total. The molecular weight excluding hydrogens is 312 g/mol. The van der Waals surface area contributed by atoms with Gasteiger partial charge < -0.3 is 14.6 Å². The van der Waals surface area contributed by atoms with Crippen LogP contribution in [0.4, 0.5) is 5.13 Å². The van der Waals surface area contributed by atoms with Gasteiger partial charge >= 0.3 is 5.97 Å². The van der Waals surface area contributed by atoms with Gasteiger partial charge in [0.2, 0.25) is 0 Å². The largest absolute Gasteiger partial charge is 0.465 e. The molecule has 1 aliphatic rings. The van der Waals surface area contributed by atoms with Crippen molar-refractivity contribution in [2.45, 2.75) is 25.3 Å². The van der Waals surface area contributed by atoms with Crippen molar-refractivity contribution in [2.75, 3.05) is 18.6 Å². The van der Waals surface area contributed by atoms with E-state index in [0.29, 0.717) is 4.88 Å². The standard InChI is InChI=1S/C13H15ClN4O2S/c1-20-12(19)9-10(14)17-13(21-9)18-7-3-2-4-8(18)11-15-5-6-16-11/h5-6,8H,2-4,7H2,1H3,(H,15,16). The van der Waals surface area contributed by atoms with Crippen molar-refractivity contribution in [3.05, 3.63) is 28.2 Å². The van der Waals surface area contributed by atoms with Gasteiger partial charge in [0.25, 0.3) is 0 Å². The van der Waals surface area contributed by atoms with Gasteiger partial charge in [-0.25, -0.2) is 14.8 Å². The number of carbonyl (C=O) groups excluding carboxylic acids is 1. The average Bonchev–Trinajstić information content (AvgIpc) is 3.16. The lowest BCUT2D eigenvalue weighted by Gasteiger charge is -2.34. The van der Waals surface area contributed by atoms with E-state index in [1.807, 2.05) is 6.20 Å². The number of piperidine rings is 1. The second-order valence-corrected chi connectivity index (χ2v) is 6.12. The molecule has 1 unspecified atom stereocenters. The lowest BCUT2D eigenvalue weighted by atomic mass is 10.0. The van der Waals surface area contributed by atoms with Gasteiger partial charge in [-0.15, -0.1) is 0 Å². The molecule has 112 valence electrons. The van der Waals surface area contributed by atoms with Gasteiger partial charge in [0.15, 0.2) is 15.2 Å². The molecule has 0 spiro atoms. The number of nitrogens with zero attached hydrogens (tertiary/aromatic N) is 3. The number of thiazole rings is 1. The molecule has 1 saturated heterocycles. The van der Waals surface area contributed by atoms with Crippen LogP contribution < -0.4 is 4.90 Å². The number of aromatic amines is 1. The van der Waals surface area contributed by atoms with Crippen molar-refractivity contribution in [3.63, 3.8) is 0 Å². The maximum absolute atomic E-state index is 11.7. The summed E-state index contributed by atoms with van der Waals surface area (Å²) in [4.78, 5) is 26.0. The molecule has 0 aliphatic carbocycles. The van der Waals surface area contributed by atoms with Gasteiger partial charge in [-0.2, -0.15) is 0 Å². The molecule has 1 aliphatic heterocycles. The molecular formula is C13H15ClN4O2S. The highest BCUT2D eigenvalue weighted by Gasteiger charge is 2.30. The molecule has 0 radical (unpaired) electrons. The van der Waals surface area contributed by atoms with Crippen molar-refractivity contribution in [2.24, 2.45) is 0 Å². The Morgan fingerprint density at radius 2 is 2.43 bits per heavy atom. The van der Waals surface area contributed by atoms with Crippen LogP contribution in [0.25, 0.3) is 0 Å². The molecule has 3 heterocycles. The van der Waals surface area contributed by atoms with Gasteiger partial charge in [-0.1, -0.05) is 22.9 Å². The minimum Gasteiger partial charge on any atom is -0.465 e. The van der Waals surface area contributed by atoms with Crippen LogP contribution in [0.1, 0.15) is 40.8 Å². The van der Waals surface area contributed by atoms with Gasteiger partial charge in [0.1, 0.15) is 5.82 Å². The first-order valence-corrected chi connectivity index (χ1v) is 7.90. The van der Waals surface area contributed by atoms with Crippen molar-refractivity contribution in [1.82, 2.24) is 15.0 Å². The van der Waals surface area contributed by atoms with Gasteiger partial charge in [0.05, 0.1) is 13.2 Å². The summed E-state index contributed by atoms with van der Waals surface area (Å²) in [6, 6.07) is 0.140. The number of carbonyl (C=O) groups is 1. The summed E-state index contributed by atoms with van der Waals surface area (Å²) in [5.41, 5.74) is 0. The lowest BCUT2D eigenvalue weighted by Crippen LogP contribution is -2.33. The Labute approximate surface area is 131 Å². The second kappa shape index (κ2) is 6.03. The third-order valence-electron chi connectivity index (χ3n) is 3.53. The molecule has 21 heavy (non-hydrogen) atoms. The summed E-state index contributed by atoms with van der Waals surface area (Å²) in [6.07, 6.45) is 6.79. The van der Waals surface area contributed by atoms with E-state index in [4.69, 9.17) is 16.3 Å². The highest BCUT2D eigenvalue weighted by atomic mass is 35.5. The van der Waals surface area contributed by atoms with Gasteiger partial charge in [-0.3, -0.25) is 0 Å². The number of halogens is 1. The van der Waals surface area contributed by atoms with Crippen molar-refractivity contribution in [3.8, 4) is 0 Å². The van der Waals surface area contributed by atoms with E-state index in [2.05, 4.69) is 19.9 Å². The van der Waals surface area contributed by atoms with Crippen LogP contribution in [0, 0.1) is 0 Å². The summed E-state index contributed by atoms with van der Waals surface area (Å²) in [6.45, 7) is 0.871. The van der Waals surface area contributed by atoms with E-state index in [0.717, 1.165) is 36.8 Å². The van der Waals surface area contributed by atoms with Crippen molar-refractivity contribution in [1.29, 1.82) is 0 Å². The number of ether oxygens (including phenoxy) is 1. The first kappa shape index (κ1) is 14.3. The number of esters is 1. The number of hydrogen-bond acceptors (Lipinski definition) is 6. The molecule has 1 fully saturated rings. The highest BCUT2D eigenvalue weighted by molar-refractivity contribution is 7.18. The Morgan fingerprint density at radius 3 is 3.14 bits per heavy atom. The number of rotatable bonds is 3. The Balaban J connectivity index is 1.92. The number of anilines is 1. The monoisotopic (exact) mass is 326 g/mol. The topological polar surface area (TPSA) is 71.1 Å². The quantitative estimate of drug-likeness (QED) is 0.878. The van der Waals surface area contributed by atoms with Gasteiger partial charge in [-0.05, 0) is 19.3 Å². The van der Waals surface area contributed by atoms with Crippen molar-refractivity contribution < 1.29 is 9.53 Å². The fourth-order valence-corrected chi connectivity index (χ4v) is 3.81. The maximum Gasteiger partial charge on any atom is 0.351 e. The number of H-pyrrole nitrogens is 1. The number of nitrogens with one attached hydrogen (secondary N) is 1. The summed E-state index contributed by atoms with van der Waals surface area (Å²) in [5.74, 6) is 0.468. The molecule has 1 N–H and O–H groups in total. The molecule has 8 heteroatoms. The Hall–Kier alpha value is -1.60. The molecule has 1 atom stereocenters. The maximum atomic E-state index is 11.7. The third-order valence-corrected chi connectivity index (χ3v) is 4.99. The first-order chi connectivity index (χ1) is 10.2. The molecule has 2 aromatic rings. The van der Waals surface area contributed by atoms with Crippen LogP contribution in [-0.2, 0) is 4.74 Å². The third kappa shape index (κ3) is 2.75. The van der Waals surface area contributed by atoms with Crippen LogP contribution in [0.15, 0.2) is 12.4 Å². The molecule has 3 rings (SSSR count). The summed E-state index contributed by atoms with van der Waals surface area (Å²) < 4.78 is 4.73. The average molecular weight is 327 g/mol. The summed E-state index contributed by atoms with van der Waals surface area (Å²) >= 11 is 7.33. The van der Waals surface area contributed by atoms with E-state index in [1.165, 1.54) is 18.4 Å². The zero-order valence-electron chi connectivity index (χ0n) is 11.5. The fourth-order valence-electron chi connectivity index (χ4n) is 2.54. The second-order valence-electron chi connectivity index (χ2n) is 4.79. The number of methoxy groups -OCH3 is 1. The summed E-state index contributed by atoms with van der Waals surface area (Å²) in [7, 11) is 1.34. The zero-order chi connectivity index (χ0) is 14.8. The molecule has 0 saturated carbocycles. The van der Waals surface area contributed by atoms with Crippen LogP contribution in [0.5, 0.6) is 0 Å². The molecule has 2 aromatic heterocycles. The zero-order valence-corrected chi connectivity index (χ0v) is 13.1. The SMILES string of the molecule is COC(=O)c1sc(N2CCCCC2c2ncc[nH]2)nc1Cl. The van der Waals surface area contributed by atoms with E-state index in [-0.39, 0.29) is 11.2 Å². The number of imidazole rings is 1. The normalized spacial score (nSPS) is 18.8. The predicted molar refractivity (Wildman–Crippen MR) is 81.0 cm³/mol. The lowest BCUT2D eigenvalue weighted by molar-refractivity contribution is 0.0606. The first-order valence-electron chi connectivity index (χ1n) is 6.71. The molecule has 0 bridgehead atoms. The fraction of sp³-hybridized carbons (Fsp3) is 0.462. The van der Waals surface area contributed by atoms with Gasteiger partial charge in [0, 0.05) is 18.9 Å². The number of aromatic nitrogens is 3. The van der Waals surface area contributed by atoms with Crippen LogP contribution in [0.3, 0.4) is 0 Å². The Morgan fingerprint density at radius 1 is 1.57 bits per heavy atom. The molecule has 0 amide bonds. The van der Waals surface area contributed by atoms with E-state index in [9.17, 15) is 4.79 Å². The van der Waals surface area contributed by atoms with E-state index >= 15 is 0 Å². The Kier molecular flexibility index (Phi) is 4.12. The van der Waals surface area contributed by atoms with E-state index < -0.39 is 5.97 Å². The van der Waals surface area contributed by atoms with Crippen molar-refractivity contribution >= 4 is 34.0 Å². The van der Waals surface area contributed by atoms with Crippen LogP contribution in [0.2, 0.25) is 5.15 Å². The van der Waals surface area contributed by atoms with Crippen LogP contribution in [-0.4, -0.2) is 34.6 Å². The molecule has 0 aromatic carbocycles.